The molecule has 0 saturated carbocycles. The smallest absolute Gasteiger partial charge is 0.143 e. The number of aryl methyl sites for hydroxylation is 2. The molecule has 0 saturated heterocycles. The van der Waals surface area contributed by atoms with Crippen molar-refractivity contribution < 1.29 is 4.74 Å². The van der Waals surface area contributed by atoms with Gasteiger partial charge in [0.05, 0.1) is 22.9 Å². The van der Waals surface area contributed by atoms with E-state index in [2.05, 4.69) is 51.2 Å². The second kappa shape index (κ2) is 5.34. The van der Waals surface area contributed by atoms with Gasteiger partial charge < -0.3 is 10.1 Å². The molecule has 0 spiro atoms. The monoisotopic (exact) mass is 302 g/mol. The largest absolute Gasteiger partial charge is 0.484 e. The average Bonchev–Trinajstić information content (AvgIpc) is 2.79. The lowest BCUT2D eigenvalue weighted by Gasteiger charge is -2.33. The van der Waals surface area contributed by atoms with Crippen LogP contribution in [0.15, 0.2) is 18.2 Å². The number of thiazole rings is 1. The van der Waals surface area contributed by atoms with Gasteiger partial charge in [0.2, 0.25) is 0 Å². The molecular formula is C17H22N2OS. The van der Waals surface area contributed by atoms with Gasteiger partial charge in [-0.15, -0.1) is 11.3 Å². The highest BCUT2D eigenvalue weighted by molar-refractivity contribution is 7.12. The number of hydrogen-bond acceptors (Lipinski definition) is 4. The third kappa shape index (κ3) is 2.91. The summed E-state index contributed by atoms with van der Waals surface area (Å²) in [5, 5.41) is 4.69. The fourth-order valence-corrected chi connectivity index (χ4v) is 3.64. The Hall–Kier alpha value is -1.55. The Labute approximate surface area is 130 Å². The lowest BCUT2D eigenvalue weighted by molar-refractivity contribution is 0.116. The van der Waals surface area contributed by atoms with Gasteiger partial charge in [-0.25, -0.2) is 4.98 Å². The predicted molar refractivity (Wildman–Crippen MR) is 89.5 cm³/mol. The lowest BCUT2D eigenvalue weighted by Crippen LogP contribution is -2.39. The van der Waals surface area contributed by atoms with E-state index in [0.29, 0.717) is 0 Å². The van der Waals surface area contributed by atoms with Gasteiger partial charge in [0.15, 0.2) is 0 Å². The van der Waals surface area contributed by atoms with Crippen molar-refractivity contribution in [3.63, 3.8) is 0 Å². The summed E-state index contributed by atoms with van der Waals surface area (Å²) in [6.07, 6.45) is 2.20. The number of fused-ring (bicyclic) bond motifs is 1. The van der Waals surface area contributed by atoms with Gasteiger partial charge in [-0.2, -0.15) is 0 Å². The third-order valence-electron chi connectivity index (χ3n) is 3.65. The Morgan fingerprint density at radius 2 is 2.19 bits per heavy atom. The van der Waals surface area contributed by atoms with Crippen molar-refractivity contribution in [1.29, 1.82) is 0 Å². The Morgan fingerprint density at radius 3 is 2.95 bits per heavy atom. The van der Waals surface area contributed by atoms with E-state index in [1.807, 2.05) is 11.3 Å². The van der Waals surface area contributed by atoms with Gasteiger partial charge >= 0.3 is 0 Å². The van der Waals surface area contributed by atoms with E-state index < -0.39 is 0 Å². The minimum Gasteiger partial charge on any atom is -0.484 e. The summed E-state index contributed by atoms with van der Waals surface area (Å²) >= 11 is 1.81. The van der Waals surface area contributed by atoms with Gasteiger partial charge in [-0.05, 0) is 51.8 Å². The summed E-state index contributed by atoms with van der Waals surface area (Å²) in [5.41, 5.74) is 3.19. The summed E-state index contributed by atoms with van der Waals surface area (Å²) in [4.78, 5) is 6.08. The fraction of sp³-hybridized carbons (Fsp3) is 0.471. The van der Waals surface area contributed by atoms with E-state index in [0.717, 1.165) is 36.5 Å². The molecule has 0 atom stereocenters. The van der Waals surface area contributed by atoms with E-state index >= 15 is 0 Å². The van der Waals surface area contributed by atoms with Crippen LogP contribution in [0, 0.1) is 6.92 Å². The molecule has 1 aromatic carbocycles. The molecule has 3 nitrogen and oxygen atoms in total. The van der Waals surface area contributed by atoms with Crippen LogP contribution < -0.4 is 10.1 Å². The number of rotatable bonds is 3. The minimum absolute atomic E-state index is 0.153. The van der Waals surface area contributed by atoms with Crippen LogP contribution in [-0.4, -0.2) is 17.1 Å². The van der Waals surface area contributed by atoms with E-state index in [1.54, 1.807) is 0 Å². The van der Waals surface area contributed by atoms with Gasteiger partial charge in [0.1, 0.15) is 11.4 Å². The number of benzene rings is 1. The van der Waals surface area contributed by atoms with Crippen molar-refractivity contribution in [2.75, 3.05) is 11.9 Å². The summed E-state index contributed by atoms with van der Waals surface area (Å²) < 4.78 is 6.00. The van der Waals surface area contributed by atoms with Gasteiger partial charge in [-0.3, -0.25) is 0 Å². The summed E-state index contributed by atoms with van der Waals surface area (Å²) in [6.45, 7) is 9.36. The third-order valence-corrected chi connectivity index (χ3v) is 4.68. The molecule has 0 radical (unpaired) electrons. The number of hydrogen-bond donors (Lipinski definition) is 1. The highest BCUT2D eigenvalue weighted by atomic mass is 32.1. The molecule has 1 N–H and O–H groups in total. The molecule has 112 valence electrons. The van der Waals surface area contributed by atoms with Crippen LogP contribution in [0.2, 0.25) is 0 Å². The molecule has 3 rings (SSSR count). The highest BCUT2D eigenvalue weighted by Crippen LogP contribution is 2.37. The number of nitrogens with zero attached hydrogens (tertiary/aromatic N) is 1. The molecule has 1 aromatic heterocycles. The zero-order valence-electron chi connectivity index (χ0n) is 13.1. The molecule has 0 amide bonds. The van der Waals surface area contributed by atoms with E-state index in [4.69, 9.17) is 9.72 Å². The summed E-state index contributed by atoms with van der Waals surface area (Å²) in [6, 6.07) is 6.32. The Morgan fingerprint density at radius 1 is 1.38 bits per heavy atom. The normalized spacial score (nSPS) is 16.0. The molecule has 0 unspecified atom stereocenters. The van der Waals surface area contributed by atoms with Crippen LogP contribution >= 0.6 is 11.3 Å². The van der Waals surface area contributed by atoms with E-state index in [-0.39, 0.29) is 5.60 Å². The van der Waals surface area contributed by atoms with Crippen molar-refractivity contribution in [3.8, 4) is 17.0 Å². The standard InChI is InChI=1S/C17H22N2OS/c1-5-6-15-19-16(11(2)21-15)12-7-8-14-13(9-12)18-10-17(3,4)20-14/h7-9,18H,5-6,10H2,1-4H3. The van der Waals surface area contributed by atoms with Crippen LogP contribution in [0.4, 0.5) is 5.69 Å². The summed E-state index contributed by atoms with van der Waals surface area (Å²) in [7, 11) is 0. The van der Waals surface area contributed by atoms with Crippen LogP contribution in [0.5, 0.6) is 5.75 Å². The zero-order chi connectivity index (χ0) is 15.0. The van der Waals surface area contributed by atoms with Gasteiger partial charge in [0.25, 0.3) is 0 Å². The number of aromatic nitrogens is 1. The van der Waals surface area contributed by atoms with Crippen LogP contribution in [-0.2, 0) is 6.42 Å². The first kappa shape index (κ1) is 14.4. The molecule has 1 aliphatic heterocycles. The van der Waals surface area contributed by atoms with Gasteiger partial charge in [0, 0.05) is 10.4 Å². The Bertz CT molecular complexity index is 661. The van der Waals surface area contributed by atoms with E-state index in [9.17, 15) is 0 Å². The SMILES string of the molecule is CCCc1nc(-c2ccc3c(c2)NCC(C)(C)O3)c(C)s1. The summed E-state index contributed by atoms with van der Waals surface area (Å²) in [5.74, 6) is 0.927. The molecule has 21 heavy (non-hydrogen) atoms. The second-order valence-electron chi connectivity index (χ2n) is 6.19. The number of ether oxygens (including phenoxy) is 1. The van der Waals surface area contributed by atoms with Crippen LogP contribution in [0.1, 0.15) is 37.1 Å². The van der Waals surface area contributed by atoms with E-state index in [1.165, 1.54) is 15.4 Å². The first-order chi connectivity index (χ1) is 9.98. The zero-order valence-corrected chi connectivity index (χ0v) is 13.9. The predicted octanol–water partition coefficient (Wildman–Crippen LogP) is 4.65. The maximum absolute atomic E-state index is 6.00. The maximum Gasteiger partial charge on any atom is 0.143 e. The molecule has 2 heterocycles. The Kier molecular flexibility index (Phi) is 3.66. The highest BCUT2D eigenvalue weighted by Gasteiger charge is 2.26. The molecule has 0 aliphatic carbocycles. The lowest BCUT2D eigenvalue weighted by atomic mass is 10.0. The quantitative estimate of drug-likeness (QED) is 0.896. The molecule has 1 aliphatic rings. The van der Waals surface area contributed by atoms with Crippen molar-refractivity contribution in [1.82, 2.24) is 4.98 Å². The molecule has 2 aromatic rings. The maximum atomic E-state index is 6.00. The van der Waals surface area contributed by atoms with Crippen LogP contribution in [0.25, 0.3) is 11.3 Å². The minimum atomic E-state index is -0.153. The molecule has 0 fully saturated rings. The van der Waals surface area contributed by atoms with Crippen LogP contribution in [0.3, 0.4) is 0 Å². The number of nitrogens with one attached hydrogen (secondary N) is 1. The van der Waals surface area contributed by atoms with Crippen molar-refractivity contribution in [2.24, 2.45) is 0 Å². The van der Waals surface area contributed by atoms with Crippen molar-refractivity contribution >= 4 is 17.0 Å². The second-order valence-corrected chi connectivity index (χ2v) is 7.48. The Balaban J connectivity index is 1.94. The van der Waals surface area contributed by atoms with Crippen molar-refractivity contribution in [2.45, 2.75) is 46.1 Å². The van der Waals surface area contributed by atoms with Gasteiger partial charge in [-0.1, -0.05) is 6.92 Å². The molecule has 4 heteroatoms. The topological polar surface area (TPSA) is 34.2 Å². The first-order valence-electron chi connectivity index (χ1n) is 7.52. The number of anilines is 1. The molecular weight excluding hydrogens is 280 g/mol. The fourth-order valence-electron chi connectivity index (χ4n) is 2.59. The molecule has 0 bridgehead atoms. The first-order valence-corrected chi connectivity index (χ1v) is 8.34. The van der Waals surface area contributed by atoms with Crippen molar-refractivity contribution in [3.05, 3.63) is 28.1 Å². The average molecular weight is 302 g/mol.